The van der Waals surface area contributed by atoms with E-state index in [2.05, 4.69) is 21.9 Å². The lowest BCUT2D eigenvalue weighted by Crippen LogP contribution is -2.17. The Morgan fingerprint density at radius 3 is 3.00 bits per heavy atom. The highest BCUT2D eigenvalue weighted by molar-refractivity contribution is 6.33. The van der Waals surface area contributed by atoms with Gasteiger partial charge in [0, 0.05) is 6.54 Å². The van der Waals surface area contributed by atoms with Gasteiger partial charge in [-0.15, -0.1) is 6.58 Å². The number of rotatable bonds is 4. The lowest BCUT2D eigenvalue weighted by molar-refractivity contribution is 0.100. The van der Waals surface area contributed by atoms with Crippen molar-refractivity contribution in [3.05, 3.63) is 29.7 Å². The fourth-order valence-corrected chi connectivity index (χ4v) is 1.11. The van der Waals surface area contributed by atoms with Crippen LogP contribution in [0.2, 0.25) is 5.15 Å². The molecule has 0 atom stereocenters. The van der Waals surface area contributed by atoms with Crippen molar-refractivity contribution in [2.45, 2.75) is 0 Å². The normalized spacial score (nSPS) is 9.50. The summed E-state index contributed by atoms with van der Waals surface area (Å²) in [5, 5.41) is 2.87. The maximum absolute atomic E-state index is 11.0. The smallest absolute Gasteiger partial charge is 0.255 e. The molecule has 14 heavy (non-hydrogen) atoms. The second-order valence-electron chi connectivity index (χ2n) is 2.42. The van der Waals surface area contributed by atoms with Crippen LogP contribution in [0.4, 0.5) is 5.82 Å². The topological polar surface area (TPSA) is 80.9 Å². The second-order valence-corrected chi connectivity index (χ2v) is 2.78. The number of aromatic nitrogens is 2. The number of nitrogens with two attached hydrogens (primary N) is 1. The lowest BCUT2D eigenvalue weighted by atomic mass is 10.3. The number of hydrogen-bond acceptors (Lipinski definition) is 4. The number of nitrogens with one attached hydrogen (secondary N) is 1. The maximum atomic E-state index is 11.0. The molecule has 0 aromatic carbocycles. The highest BCUT2D eigenvalue weighted by Gasteiger charge is 2.14. The molecule has 0 saturated carbocycles. The van der Waals surface area contributed by atoms with Crippen molar-refractivity contribution < 1.29 is 4.79 Å². The molecule has 1 amide bonds. The third-order valence-corrected chi connectivity index (χ3v) is 1.75. The molecule has 0 saturated heterocycles. The van der Waals surface area contributed by atoms with Gasteiger partial charge in [-0.05, 0) is 0 Å². The summed E-state index contributed by atoms with van der Waals surface area (Å²) in [6, 6.07) is 0. The summed E-state index contributed by atoms with van der Waals surface area (Å²) in [5.74, 6) is -0.348. The van der Waals surface area contributed by atoms with E-state index in [1.54, 1.807) is 6.08 Å². The molecule has 0 bridgehead atoms. The zero-order valence-electron chi connectivity index (χ0n) is 7.33. The molecule has 1 aromatic rings. The van der Waals surface area contributed by atoms with Crippen molar-refractivity contribution in [3.8, 4) is 0 Å². The van der Waals surface area contributed by atoms with E-state index in [-0.39, 0.29) is 10.7 Å². The van der Waals surface area contributed by atoms with Gasteiger partial charge < -0.3 is 11.1 Å². The molecule has 1 rings (SSSR count). The fraction of sp³-hybridized carbons (Fsp3) is 0.125. The highest BCUT2D eigenvalue weighted by atomic mass is 35.5. The minimum absolute atomic E-state index is 0.0408. The molecule has 0 aliphatic heterocycles. The Morgan fingerprint density at radius 2 is 2.43 bits per heavy atom. The number of anilines is 1. The van der Waals surface area contributed by atoms with Gasteiger partial charge in [0.2, 0.25) is 0 Å². The van der Waals surface area contributed by atoms with Crippen LogP contribution in [0.5, 0.6) is 0 Å². The van der Waals surface area contributed by atoms with Gasteiger partial charge in [0.15, 0.2) is 0 Å². The number of carbonyl (C=O) groups excluding carboxylic acids is 1. The monoisotopic (exact) mass is 212 g/mol. The summed E-state index contributed by atoms with van der Waals surface area (Å²) in [4.78, 5) is 18.5. The molecular formula is C8H9ClN4O. The van der Waals surface area contributed by atoms with Crippen molar-refractivity contribution in [1.29, 1.82) is 0 Å². The van der Waals surface area contributed by atoms with Crippen molar-refractivity contribution in [2.75, 3.05) is 11.9 Å². The summed E-state index contributed by atoms with van der Waals surface area (Å²) >= 11 is 5.69. The van der Waals surface area contributed by atoms with Gasteiger partial charge in [0.05, 0.1) is 0 Å². The molecule has 0 aliphatic rings. The van der Waals surface area contributed by atoms with Gasteiger partial charge in [0.25, 0.3) is 5.91 Å². The molecule has 6 heteroatoms. The number of hydrogen-bond donors (Lipinski definition) is 2. The van der Waals surface area contributed by atoms with Crippen LogP contribution in [0.1, 0.15) is 10.4 Å². The van der Waals surface area contributed by atoms with E-state index in [0.29, 0.717) is 12.4 Å². The molecule has 0 spiro atoms. The Labute approximate surface area is 86.0 Å². The number of primary amides is 1. The third-order valence-electron chi connectivity index (χ3n) is 1.46. The zero-order valence-corrected chi connectivity index (χ0v) is 8.08. The number of carbonyl (C=O) groups is 1. The molecular weight excluding hydrogens is 204 g/mol. The predicted molar refractivity (Wildman–Crippen MR) is 54.2 cm³/mol. The molecule has 0 unspecified atom stereocenters. The summed E-state index contributed by atoms with van der Waals surface area (Å²) in [6.07, 6.45) is 2.88. The van der Waals surface area contributed by atoms with E-state index >= 15 is 0 Å². The average Bonchev–Trinajstić information content (AvgIpc) is 2.14. The Balaban J connectivity index is 3.07. The largest absolute Gasteiger partial charge is 0.366 e. The molecule has 0 radical (unpaired) electrons. The SMILES string of the molecule is C=CCNc1ncnc(Cl)c1C(N)=O. The van der Waals surface area contributed by atoms with Crippen LogP contribution in [-0.4, -0.2) is 22.4 Å². The molecule has 74 valence electrons. The van der Waals surface area contributed by atoms with Gasteiger partial charge in [-0.1, -0.05) is 17.7 Å². The zero-order chi connectivity index (χ0) is 10.6. The maximum Gasteiger partial charge on any atom is 0.255 e. The van der Waals surface area contributed by atoms with Gasteiger partial charge in [0.1, 0.15) is 22.9 Å². The first-order valence-electron chi connectivity index (χ1n) is 3.82. The van der Waals surface area contributed by atoms with Crippen molar-refractivity contribution in [1.82, 2.24) is 9.97 Å². The Bertz CT molecular complexity index is 366. The lowest BCUT2D eigenvalue weighted by Gasteiger charge is -2.06. The Hall–Kier alpha value is -1.62. The van der Waals surface area contributed by atoms with Crippen molar-refractivity contribution in [2.24, 2.45) is 5.73 Å². The summed E-state index contributed by atoms with van der Waals surface area (Å²) in [6.45, 7) is 3.98. The van der Waals surface area contributed by atoms with Crippen LogP contribution in [0.15, 0.2) is 19.0 Å². The quantitative estimate of drug-likeness (QED) is 0.572. The minimum Gasteiger partial charge on any atom is -0.366 e. The molecule has 5 nitrogen and oxygen atoms in total. The predicted octanol–water partition coefficient (Wildman–Crippen LogP) is 0.827. The fourth-order valence-electron chi connectivity index (χ4n) is 0.885. The molecule has 3 N–H and O–H groups in total. The first kappa shape index (κ1) is 10.5. The summed E-state index contributed by atoms with van der Waals surface area (Å²) in [7, 11) is 0. The molecule has 0 aliphatic carbocycles. The first-order valence-corrected chi connectivity index (χ1v) is 4.19. The van der Waals surface area contributed by atoms with Crippen LogP contribution < -0.4 is 11.1 Å². The van der Waals surface area contributed by atoms with Gasteiger partial charge >= 0.3 is 0 Å². The van der Waals surface area contributed by atoms with E-state index in [4.69, 9.17) is 17.3 Å². The summed E-state index contributed by atoms with van der Waals surface area (Å²) < 4.78 is 0. The van der Waals surface area contributed by atoms with E-state index in [0.717, 1.165) is 0 Å². The standard InChI is InChI=1S/C8H9ClN4O/c1-2-3-11-8-5(7(10)14)6(9)12-4-13-8/h2,4H,1,3H2,(H2,10,14)(H,11,12,13). The Kier molecular flexibility index (Phi) is 3.41. The van der Waals surface area contributed by atoms with Crippen LogP contribution in [0.3, 0.4) is 0 Å². The van der Waals surface area contributed by atoms with E-state index in [1.165, 1.54) is 6.33 Å². The van der Waals surface area contributed by atoms with Crippen LogP contribution in [0, 0.1) is 0 Å². The van der Waals surface area contributed by atoms with Crippen molar-refractivity contribution in [3.63, 3.8) is 0 Å². The number of halogens is 1. The average molecular weight is 213 g/mol. The third kappa shape index (κ3) is 2.20. The summed E-state index contributed by atoms with van der Waals surface area (Å²) in [5.41, 5.74) is 5.21. The number of nitrogens with zero attached hydrogens (tertiary/aromatic N) is 2. The van der Waals surface area contributed by atoms with Gasteiger partial charge in [-0.25, -0.2) is 9.97 Å². The highest BCUT2D eigenvalue weighted by Crippen LogP contribution is 2.18. The van der Waals surface area contributed by atoms with E-state index in [1.807, 2.05) is 0 Å². The van der Waals surface area contributed by atoms with E-state index < -0.39 is 5.91 Å². The van der Waals surface area contributed by atoms with Crippen LogP contribution >= 0.6 is 11.6 Å². The first-order chi connectivity index (χ1) is 6.66. The Morgan fingerprint density at radius 1 is 1.71 bits per heavy atom. The molecule has 0 fully saturated rings. The van der Waals surface area contributed by atoms with E-state index in [9.17, 15) is 4.79 Å². The van der Waals surface area contributed by atoms with Gasteiger partial charge in [-0.3, -0.25) is 4.79 Å². The second kappa shape index (κ2) is 4.57. The van der Waals surface area contributed by atoms with Crippen molar-refractivity contribution >= 4 is 23.3 Å². The molecule has 1 heterocycles. The molecule has 1 aromatic heterocycles. The van der Waals surface area contributed by atoms with Gasteiger partial charge in [-0.2, -0.15) is 0 Å². The number of amides is 1. The van der Waals surface area contributed by atoms with Crippen LogP contribution in [-0.2, 0) is 0 Å². The van der Waals surface area contributed by atoms with Crippen LogP contribution in [0.25, 0.3) is 0 Å². The minimum atomic E-state index is -0.665.